The number of nitrogens with zero attached hydrogens (tertiary/aromatic N) is 1. The van der Waals surface area contributed by atoms with Gasteiger partial charge in [-0.1, -0.05) is 45.0 Å². The summed E-state index contributed by atoms with van der Waals surface area (Å²) in [6, 6.07) is 17.3. The summed E-state index contributed by atoms with van der Waals surface area (Å²) in [4.78, 5) is 4.46. The third-order valence-corrected chi connectivity index (χ3v) is 3.02. The molecule has 2 nitrogen and oxygen atoms in total. The Morgan fingerprint density at radius 1 is 1.13 bits per heavy atom. The summed E-state index contributed by atoms with van der Waals surface area (Å²) >= 11 is -0.556. The van der Waals surface area contributed by atoms with E-state index in [1.165, 1.54) is 0 Å². The Balaban J connectivity index is 0.000000816. The van der Waals surface area contributed by atoms with Crippen LogP contribution in [0.25, 0.3) is 0 Å². The van der Waals surface area contributed by atoms with Crippen LogP contribution >= 0.6 is 18.6 Å². The van der Waals surface area contributed by atoms with Crippen molar-refractivity contribution in [3.63, 3.8) is 0 Å². The summed E-state index contributed by atoms with van der Waals surface area (Å²) < 4.78 is 5.36. The summed E-state index contributed by atoms with van der Waals surface area (Å²) in [5.41, 5.74) is 3.01. The van der Waals surface area contributed by atoms with Gasteiger partial charge in [-0.05, 0) is 23.8 Å². The minimum atomic E-state index is -0.556. The molecular weight excluding hydrogens is 365 g/mol. The fourth-order valence-corrected chi connectivity index (χ4v) is 1.81. The molecule has 0 aliphatic heterocycles. The average molecular weight is 385 g/mol. The van der Waals surface area contributed by atoms with Gasteiger partial charge in [0.25, 0.3) is 0 Å². The first-order chi connectivity index (χ1) is 10.9. The summed E-state index contributed by atoms with van der Waals surface area (Å²) in [6.07, 6.45) is 1.83. The zero-order chi connectivity index (χ0) is 17.3. The molecule has 2 aromatic rings. The van der Waals surface area contributed by atoms with Crippen LogP contribution in [0, 0.1) is 6.07 Å². The SMILES string of the molecule is COc1cc(C=Nc2ccccc2)[c-]c(C(C)(C)C)c1.[Cl][Ti][Cl]. The molecule has 0 saturated heterocycles. The van der Waals surface area contributed by atoms with E-state index in [9.17, 15) is 0 Å². The number of hydrogen-bond donors (Lipinski definition) is 0. The van der Waals surface area contributed by atoms with Crippen molar-refractivity contribution in [3.05, 3.63) is 59.7 Å². The molecule has 2 aromatic carbocycles. The fourth-order valence-electron chi connectivity index (χ4n) is 1.81. The standard InChI is InChI=1S/C18H20NO.2ClH.Ti/c1-18(2,3)15-10-14(11-17(12-15)20-4)13-19-16-8-6-5-7-9-16;;;/h5-9,11-13H,1-4H3;2*1H;/q-1;;;+2/p-2. The van der Waals surface area contributed by atoms with E-state index >= 15 is 0 Å². The second kappa shape index (κ2) is 10.1. The van der Waals surface area contributed by atoms with E-state index in [0.29, 0.717) is 0 Å². The monoisotopic (exact) mass is 384 g/mol. The van der Waals surface area contributed by atoms with Crippen LogP contribution in [-0.2, 0) is 22.4 Å². The zero-order valence-corrected chi connectivity index (χ0v) is 16.8. The summed E-state index contributed by atoms with van der Waals surface area (Å²) in [5.74, 6) is 0.836. The van der Waals surface area contributed by atoms with E-state index in [4.69, 9.17) is 23.3 Å². The van der Waals surface area contributed by atoms with Crippen molar-refractivity contribution in [1.29, 1.82) is 0 Å². The molecule has 0 aliphatic carbocycles. The first-order valence-corrected chi connectivity index (χ1v) is 11.4. The third-order valence-electron chi connectivity index (χ3n) is 3.02. The molecule has 0 aromatic heterocycles. The molecule has 0 atom stereocenters. The summed E-state index contributed by atoms with van der Waals surface area (Å²) in [6.45, 7) is 6.49. The molecule has 0 N–H and O–H groups in total. The molecule has 0 unspecified atom stereocenters. The van der Waals surface area contributed by atoms with Gasteiger partial charge in [0.15, 0.2) is 0 Å². The number of ether oxygens (including phenoxy) is 1. The van der Waals surface area contributed by atoms with Crippen molar-refractivity contribution >= 4 is 30.5 Å². The molecule has 0 bridgehead atoms. The number of methoxy groups -OCH3 is 1. The Morgan fingerprint density at radius 2 is 1.74 bits per heavy atom. The number of aliphatic imine (C=N–C) groups is 1. The molecule has 0 heterocycles. The Morgan fingerprint density at radius 3 is 2.26 bits per heavy atom. The Hall–Kier alpha value is -0.796. The fraction of sp³-hybridized carbons (Fsp3) is 0.278. The van der Waals surface area contributed by atoms with Gasteiger partial charge in [0, 0.05) is 5.75 Å². The van der Waals surface area contributed by atoms with Gasteiger partial charge in [-0.25, -0.2) is 0 Å². The van der Waals surface area contributed by atoms with E-state index in [1.807, 2.05) is 48.7 Å². The molecular formula is C18H20Cl2NOTi-. The van der Waals surface area contributed by atoms with E-state index in [1.54, 1.807) is 7.11 Å². The first kappa shape index (κ1) is 20.2. The maximum absolute atomic E-state index is 5.36. The van der Waals surface area contributed by atoms with Crippen molar-refractivity contribution in [3.8, 4) is 5.75 Å². The topological polar surface area (TPSA) is 21.6 Å². The summed E-state index contributed by atoms with van der Waals surface area (Å²) in [5, 5.41) is 0. The third kappa shape index (κ3) is 7.54. The molecule has 0 radical (unpaired) electrons. The van der Waals surface area contributed by atoms with Gasteiger partial charge in [-0.3, -0.25) is 0 Å². The first-order valence-electron chi connectivity index (χ1n) is 7.08. The van der Waals surface area contributed by atoms with Crippen molar-refractivity contribution in [2.75, 3.05) is 7.11 Å². The van der Waals surface area contributed by atoms with Crippen LogP contribution in [0.5, 0.6) is 5.75 Å². The molecule has 0 fully saturated rings. The predicted molar refractivity (Wildman–Crippen MR) is 95.9 cm³/mol. The quantitative estimate of drug-likeness (QED) is 0.365. The predicted octanol–water partition coefficient (Wildman–Crippen LogP) is 5.92. The molecule has 0 amide bonds. The van der Waals surface area contributed by atoms with Gasteiger partial charge >= 0.3 is 35.6 Å². The normalized spacial score (nSPS) is 10.9. The number of rotatable bonds is 3. The van der Waals surface area contributed by atoms with E-state index in [-0.39, 0.29) is 5.41 Å². The molecule has 5 heteroatoms. The number of hydrogen-bond acceptors (Lipinski definition) is 2. The molecule has 0 saturated carbocycles. The number of benzene rings is 2. The zero-order valence-electron chi connectivity index (χ0n) is 13.7. The molecule has 122 valence electrons. The van der Waals surface area contributed by atoms with E-state index in [0.717, 1.165) is 22.6 Å². The van der Waals surface area contributed by atoms with Crippen molar-refractivity contribution in [2.45, 2.75) is 26.2 Å². The van der Waals surface area contributed by atoms with Crippen LogP contribution < -0.4 is 4.74 Å². The molecule has 23 heavy (non-hydrogen) atoms. The Labute approximate surface area is 155 Å². The van der Waals surface area contributed by atoms with Crippen LogP contribution in [0.3, 0.4) is 0 Å². The van der Waals surface area contributed by atoms with Gasteiger partial charge in [0.05, 0.1) is 12.8 Å². The maximum atomic E-state index is 5.36. The molecule has 0 aliphatic rings. The minimum absolute atomic E-state index is 0.0316. The van der Waals surface area contributed by atoms with E-state index < -0.39 is 17.0 Å². The van der Waals surface area contributed by atoms with Crippen LogP contribution in [0.4, 0.5) is 5.69 Å². The summed E-state index contributed by atoms with van der Waals surface area (Å²) in [7, 11) is 11.5. The van der Waals surface area contributed by atoms with Gasteiger partial charge in [0.2, 0.25) is 0 Å². The number of halogens is 2. The van der Waals surface area contributed by atoms with Gasteiger partial charge in [-0.15, -0.1) is 23.3 Å². The van der Waals surface area contributed by atoms with Crippen LogP contribution in [0.15, 0.2) is 47.5 Å². The second-order valence-corrected chi connectivity index (χ2v) is 8.38. The molecule has 0 spiro atoms. The van der Waals surface area contributed by atoms with Crippen molar-refractivity contribution < 1.29 is 21.8 Å². The number of para-hydroxylation sites is 1. The van der Waals surface area contributed by atoms with Crippen LogP contribution in [0.2, 0.25) is 0 Å². The van der Waals surface area contributed by atoms with Crippen molar-refractivity contribution in [1.82, 2.24) is 0 Å². The average Bonchev–Trinajstić information content (AvgIpc) is 2.53. The Kier molecular flexibility index (Phi) is 8.94. The van der Waals surface area contributed by atoms with E-state index in [2.05, 4.69) is 31.8 Å². The van der Waals surface area contributed by atoms with Crippen molar-refractivity contribution in [2.24, 2.45) is 4.99 Å². The van der Waals surface area contributed by atoms with Gasteiger partial charge < -0.3 is 9.73 Å². The van der Waals surface area contributed by atoms with Crippen LogP contribution in [0.1, 0.15) is 31.9 Å². The van der Waals surface area contributed by atoms with Gasteiger partial charge in [-0.2, -0.15) is 0 Å². The second-order valence-electron chi connectivity index (χ2n) is 5.80. The molecule has 2 rings (SSSR count). The van der Waals surface area contributed by atoms with Crippen LogP contribution in [-0.4, -0.2) is 13.3 Å². The van der Waals surface area contributed by atoms with Gasteiger partial charge in [0.1, 0.15) is 0 Å². The Bertz CT molecular complexity index is 625.